The second-order valence-electron chi connectivity index (χ2n) is 5.70. The lowest BCUT2D eigenvalue weighted by Crippen LogP contribution is -2.61. The van der Waals surface area contributed by atoms with Gasteiger partial charge in [0.05, 0.1) is 0 Å². The lowest BCUT2D eigenvalue weighted by Gasteiger charge is -2.40. The Balaban J connectivity index is 2.60. The molecule has 106 valence electrons. The third-order valence-corrected chi connectivity index (χ3v) is 3.90. The standard InChI is InChI=1S/C13H28N4O/c1-5-15-13(2,12(14)18)10-17(4)11-7-6-8-16(3)9-11/h11,15H,5-10H2,1-4H3,(H2,14,18). The molecular weight excluding hydrogens is 228 g/mol. The molecule has 1 saturated heterocycles. The third kappa shape index (κ3) is 3.93. The highest BCUT2D eigenvalue weighted by Gasteiger charge is 2.33. The predicted molar refractivity (Wildman–Crippen MR) is 74.4 cm³/mol. The lowest BCUT2D eigenvalue weighted by atomic mass is 9.98. The zero-order chi connectivity index (χ0) is 13.8. The first-order valence-corrected chi connectivity index (χ1v) is 6.82. The van der Waals surface area contributed by atoms with Gasteiger partial charge in [-0.05, 0) is 47.0 Å². The van der Waals surface area contributed by atoms with Crippen LogP contribution in [0.4, 0.5) is 0 Å². The molecule has 1 rings (SSSR count). The van der Waals surface area contributed by atoms with E-state index in [4.69, 9.17) is 5.73 Å². The average Bonchev–Trinajstić information content (AvgIpc) is 2.29. The summed E-state index contributed by atoms with van der Waals surface area (Å²) in [7, 11) is 4.24. The number of primary amides is 1. The largest absolute Gasteiger partial charge is 0.368 e. The monoisotopic (exact) mass is 256 g/mol. The Morgan fingerprint density at radius 1 is 1.61 bits per heavy atom. The van der Waals surface area contributed by atoms with Crippen molar-refractivity contribution < 1.29 is 4.79 Å². The molecule has 2 atom stereocenters. The van der Waals surface area contributed by atoms with Gasteiger partial charge in [0, 0.05) is 19.1 Å². The van der Waals surface area contributed by atoms with E-state index in [-0.39, 0.29) is 5.91 Å². The molecule has 2 unspecified atom stereocenters. The first-order chi connectivity index (χ1) is 8.39. The lowest BCUT2D eigenvalue weighted by molar-refractivity contribution is -0.124. The van der Waals surface area contributed by atoms with Crippen molar-refractivity contribution in [1.29, 1.82) is 0 Å². The number of hydrogen-bond acceptors (Lipinski definition) is 4. The van der Waals surface area contributed by atoms with Crippen molar-refractivity contribution in [2.75, 3.05) is 40.3 Å². The summed E-state index contributed by atoms with van der Waals surface area (Å²) in [6.45, 7) is 7.53. The smallest absolute Gasteiger partial charge is 0.238 e. The summed E-state index contributed by atoms with van der Waals surface area (Å²) >= 11 is 0. The summed E-state index contributed by atoms with van der Waals surface area (Å²) in [6.07, 6.45) is 2.42. The zero-order valence-corrected chi connectivity index (χ0v) is 12.2. The molecule has 0 aliphatic carbocycles. The van der Waals surface area contributed by atoms with Crippen molar-refractivity contribution in [2.45, 2.75) is 38.3 Å². The van der Waals surface area contributed by atoms with Crippen LogP contribution in [0.1, 0.15) is 26.7 Å². The molecule has 0 aromatic carbocycles. The summed E-state index contributed by atoms with van der Waals surface area (Å²) in [5.74, 6) is -0.277. The van der Waals surface area contributed by atoms with Gasteiger partial charge in [-0.1, -0.05) is 6.92 Å². The summed E-state index contributed by atoms with van der Waals surface area (Å²) < 4.78 is 0. The van der Waals surface area contributed by atoms with Gasteiger partial charge < -0.3 is 16.0 Å². The number of carbonyl (C=O) groups is 1. The highest BCUT2D eigenvalue weighted by Crippen LogP contribution is 2.16. The summed E-state index contributed by atoms with van der Waals surface area (Å²) in [5.41, 5.74) is 4.88. The minimum atomic E-state index is -0.639. The van der Waals surface area contributed by atoms with Crippen molar-refractivity contribution in [3.8, 4) is 0 Å². The third-order valence-electron chi connectivity index (χ3n) is 3.90. The number of likely N-dealkylation sites (tertiary alicyclic amines) is 1. The van der Waals surface area contributed by atoms with E-state index in [2.05, 4.69) is 29.2 Å². The molecule has 1 fully saturated rings. The molecule has 0 aromatic heterocycles. The Bertz CT molecular complexity index is 284. The fourth-order valence-corrected chi connectivity index (χ4v) is 2.74. The Morgan fingerprint density at radius 2 is 2.28 bits per heavy atom. The molecule has 3 N–H and O–H groups in total. The molecule has 0 saturated carbocycles. The predicted octanol–water partition coefficient (Wildman–Crippen LogP) is -0.134. The number of nitrogens with one attached hydrogen (secondary N) is 1. The van der Waals surface area contributed by atoms with Crippen molar-refractivity contribution >= 4 is 5.91 Å². The second-order valence-corrected chi connectivity index (χ2v) is 5.70. The van der Waals surface area contributed by atoms with Crippen LogP contribution in [0.2, 0.25) is 0 Å². The Labute approximate surface area is 111 Å². The average molecular weight is 256 g/mol. The molecule has 0 aromatic rings. The maximum atomic E-state index is 11.6. The minimum absolute atomic E-state index is 0.277. The normalized spacial score (nSPS) is 25.1. The quantitative estimate of drug-likeness (QED) is 0.695. The van der Waals surface area contributed by atoms with E-state index in [9.17, 15) is 4.79 Å². The molecule has 1 aliphatic rings. The van der Waals surface area contributed by atoms with Crippen LogP contribution < -0.4 is 11.1 Å². The van der Waals surface area contributed by atoms with Gasteiger partial charge in [0.25, 0.3) is 0 Å². The number of amides is 1. The van der Waals surface area contributed by atoms with Gasteiger partial charge in [-0.15, -0.1) is 0 Å². The minimum Gasteiger partial charge on any atom is -0.368 e. The van der Waals surface area contributed by atoms with Crippen LogP contribution >= 0.6 is 0 Å². The van der Waals surface area contributed by atoms with Crippen molar-refractivity contribution in [2.24, 2.45) is 5.73 Å². The number of carbonyl (C=O) groups excluding carboxylic acids is 1. The first-order valence-electron chi connectivity index (χ1n) is 6.82. The Kier molecular flexibility index (Phi) is 5.56. The summed E-state index contributed by atoms with van der Waals surface area (Å²) in [4.78, 5) is 16.2. The van der Waals surface area contributed by atoms with Crippen LogP contribution in [0.5, 0.6) is 0 Å². The molecule has 18 heavy (non-hydrogen) atoms. The number of piperidine rings is 1. The molecule has 1 aliphatic heterocycles. The molecule has 0 radical (unpaired) electrons. The van der Waals surface area contributed by atoms with Crippen LogP contribution in [0.25, 0.3) is 0 Å². The van der Waals surface area contributed by atoms with E-state index >= 15 is 0 Å². The van der Waals surface area contributed by atoms with Crippen LogP contribution in [-0.4, -0.2) is 67.6 Å². The summed E-state index contributed by atoms with van der Waals surface area (Å²) in [6, 6.07) is 0.515. The zero-order valence-electron chi connectivity index (χ0n) is 12.2. The van der Waals surface area contributed by atoms with Gasteiger partial charge in [-0.3, -0.25) is 9.69 Å². The second kappa shape index (κ2) is 6.50. The van der Waals surface area contributed by atoms with Crippen LogP contribution in [0.3, 0.4) is 0 Å². The van der Waals surface area contributed by atoms with Crippen molar-refractivity contribution in [3.05, 3.63) is 0 Å². The summed E-state index contributed by atoms with van der Waals surface area (Å²) in [5, 5.41) is 3.21. The van der Waals surface area contributed by atoms with Crippen LogP contribution in [0.15, 0.2) is 0 Å². The van der Waals surface area contributed by atoms with Gasteiger partial charge in [0.15, 0.2) is 0 Å². The molecule has 0 spiro atoms. The topological polar surface area (TPSA) is 61.6 Å². The van der Waals surface area contributed by atoms with Crippen molar-refractivity contribution in [3.63, 3.8) is 0 Å². The van der Waals surface area contributed by atoms with Crippen LogP contribution in [0, 0.1) is 0 Å². The highest BCUT2D eigenvalue weighted by molar-refractivity contribution is 5.84. The van der Waals surface area contributed by atoms with E-state index < -0.39 is 5.54 Å². The van der Waals surface area contributed by atoms with Gasteiger partial charge in [-0.2, -0.15) is 0 Å². The maximum absolute atomic E-state index is 11.6. The van der Waals surface area contributed by atoms with Gasteiger partial charge in [0.1, 0.15) is 5.54 Å². The van der Waals surface area contributed by atoms with E-state index in [1.54, 1.807) is 0 Å². The van der Waals surface area contributed by atoms with Gasteiger partial charge >= 0.3 is 0 Å². The molecular formula is C13H28N4O. The molecule has 1 heterocycles. The fourth-order valence-electron chi connectivity index (χ4n) is 2.74. The fraction of sp³-hybridized carbons (Fsp3) is 0.923. The van der Waals surface area contributed by atoms with Gasteiger partial charge in [0.2, 0.25) is 5.91 Å². The highest BCUT2D eigenvalue weighted by atomic mass is 16.1. The van der Waals surface area contributed by atoms with E-state index in [0.29, 0.717) is 12.6 Å². The molecule has 5 nitrogen and oxygen atoms in total. The molecule has 0 bridgehead atoms. The van der Waals surface area contributed by atoms with Crippen LogP contribution in [-0.2, 0) is 4.79 Å². The molecule has 1 amide bonds. The number of likely N-dealkylation sites (N-methyl/N-ethyl adjacent to an activating group) is 3. The number of hydrogen-bond donors (Lipinski definition) is 2. The molecule has 5 heteroatoms. The SMILES string of the molecule is CCNC(C)(CN(C)C1CCCN(C)C1)C(N)=O. The Hall–Kier alpha value is -0.650. The number of rotatable bonds is 6. The Morgan fingerprint density at radius 3 is 2.78 bits per heavy atom. The van der Waals surface area contributed by atoms with Gasteiger partial charge in [-0.25, -0.2) is 0 Å². The van der Waals surface area contributed by atoms with E-state index in [1.165, 1.54) is 19.4 Å². The van der Waals surface area contributed by atoms with E-state index in [0.717, 1.165) is 13.1 Å². The number of nitrogens with zero attached hydrogens (tertiary/aromatic N) is 2. The number of nitrogens with two attached hydrogens (primary N) is 1. The first kappa shape index (κ1) is 15.4. The maximum Gasteiger partial charge on any atom is 0.238 e. The van der Waals surface area contributed by atoms with Crippen molar-refractivity contribution in [1.82, 2.24) is 15.1 Å². The van der Waals surface area contributed by atoms with E-state index in [1.807, 2.05) is 13.8 Å².